The predicted molar refractivity (Wildman–Crippen MR) is 94.0 cm³/mol. The van der Waals surface area contributed by atoms with Crippen LogP contribution < -0.4 is 10.6 Å². The van der Waals surface area contributed by atoms with Crippen molar-refractivity contribution in [1.29, 1.82) is 0 Å². The highest BCUT2D eigenvalue weighted by molar-refractivity contribution is 6.32. The lowest BCUT2D eigenvalue weighted by Crippen LogP contribution is -2.42. The molecule has 2 aromatic carbocycles. The molecule has 9 heteroatoms. The van der Waals surface area contributed by atoms with Crippen LogP contribution in [0.2, 0.25) is 5.02 Å². The van der Waals surface area contributed by atoms with Gasteiger partial charge in [-0.25, -0.2) is 13.6 Å². The van der Waals surface area contributed by atoms with E-state index in [0.717, 1.165) is 12.1 Å². The van der Waals surface area contributed by atoms with Crippen LogP contribution in [0.4, 0.5) is 19.3 Å². The van der Waals surface area contributed by atoms with Crippen molar-refractivity contribution >= 4 is 35.1 Å². The number of nitrogens with one attached hydrogen (secondary N) is 2. The molecule has 6 nitrogen and oxygen atoms in total. The third-order valence-electron chi connectivity index (χ3n) is 4.19. The first-order valence-corrected chi connectivity index (χ1v) is 8.24. The molecule has 27 heavy (non-hydrogen) atoms. The van der Waals surface area contributed by atoms with Gasteiger partial charge in [0, 0.05) is 16.7 Å². The molecule has 0 aromatic heterocycles. The van der Waals surface area contributed by atoms with Crippen molar-refractivity contribution in [2.75, 3.05) is 11.9 Å². The molecule has 1 heterocycles. The largest absolute Gasteiger partial charge is 0.325 e. The number of rotatable bonds is 4. The van der Waals surface area contributed by atoms with Gasteiger partial charge in [0.25, 0.3) is 5.91 Å². The number of urea groups is 1. The molecule has 0 aliphatic carbocycles. The summed E-state index contributed by atoms with van der Waals surface area (Å²) < 4.78 is 26.6. The predicted octanol–water partition coefficient (Wildman–Crippen LogP) is 3.02. The van der Waals surface area contributed by atoms with E-state index in [0.29, 0.717) is 16.5 Å². The first kappa shape index (κ1) is 18.8. The van der Waals surface area contributed by atoms with Crippen LogP contribution in [0.3, 0.4) is 0 Å². The van der Waals surface area contributed by atoms with Crippen molar-refractivity contribution in [3.63, 3.8) is 0 Å². The molecule has 1 unspecified atom stereocenters. The Hall–Kier alpha value is -3.00. The van der Waals surface area contributed by atoms with Gasteiger partial charge in [0.1, 0.15) is 23.7 Å². The third-order valence-corrected chi connectivity index (χ3v) is 4.52. The lowest BCUT2D eigenvalue weighted by Gasteiger charge is -2.23. The molecule has 0 spiro atoms. The van der Waals surface area contributed by atoms with Gasteiger partial charge in [0.2, 0.25) is 5.91 Å². The highest BCUT2D eigenvalue weighted by Crippen LogP contribution is 2.33. The Bertz CT molecular complexity index is 953. The zero-order chi connectivity index (χ0) is 19.8. The zero-order valence-electron chi connectivity index (χ0n) is 14.1. The highest BCUT2D eigenvalue weighted by atomic mass is 35.5. The summed E-state index contributed by atoms with van der Waals surface area (Å²) in [4.78, 5) is 37.8. The van der Waals surface area contributed by atoms with E-state index < -0.39 is 41.6 Å². The second kappa shape index (κ2) is 6.96. The van der Waals surface area contributed by atoms with Gasteiger partial charge in [-0.2, -0.15) is 0 Å². The summed E-state index contributed by atoms with van der Waals surface area (Å²) in [5.74, 6) is -3.25. The molecule has 0 radical (unpaired) electrons. The average Bonchev–Trinajstić information content (AvgIpc) is 2.82. The number of imide groups is 1. The van der Waals surface area contributed by atoms with Crippen LogP contribution >= 0.6 is 11.6 Å². The molecule has 2 aromatic rings. The molecule has 0 bridgehead atoms. The summed E-state index contributed by atoms with van der Waals surface area (Å²) in [5, 5.41) is 5.01. The van der Waals surface area contributed by atoms with E-state index in [9.17, 15) is 23.2 Å². The lowest BCUT2D eigenvalue weighted by atomic mass is 9.92. The normalized spacial score (nSPS) is 19.2. The van der Waals surface area contributed by atoms with Gasteiger partial charge >= 0.3 is 6.03 Å². The summed E-state index contributed by atoms with van der Waals surface area (Å²) >= 11 is 6.12. The van der Waals surface area contributed by atoms with E-state index in [1.54, 1.807) is 24.3 Å². The Morgan fingerprint density at radius 3 is 2.59 bits per heavy atom. The Morgan fingerprint density at radius 2 is 1.93 bits per heavy atom. The van der Waals surface area contributed by atoms with Crippen molar-refractivity contribution in [3.8, 4) is 0 Å². The van der Waals surface area contributed by atoms with E-state index in [1.807, 2.05) is 0 Å². The minimum Gasteiger partial charge on any atom is -0.322 e. The van der Waals surface area contributed by atoms with Crippen LogP contribution in [0, 0.1) is 11.6 Å². The number of nitrogens with zero attached hydrogens (tertiary/aromatic N) is 1. The first-order valence-electron chi connectivity index (χ1n) is 7.86. The number of carbonyl (C=O) groups is 3. The molecule has 1 saturated heterocycles. The molecule has 1 aliphatic heterocycles. The van der Waals surface area contributed by atoms with Gasteiger partial charge in [-0.15, -0.1) is 0 Å². The lowest BCUT2D eigenvalue weighted by molar-refractivity contribution is -0.133. The van der Waals surface area contributed by atoms with Crippen LogP contribution in [0.15, 0.2) is 42.5 Å². The van der Waals surface area contributed by atoms with E-state index in [2.05, 4.69) is 10.6 Å². The maximum Gasteiger partial charge on any atom is 0.325 e. The molecular formula is C18H14ClF2N3O3. The highest BCUT2D eigenvalue weighted by Gasteiger charge is 2.50. The Morgan fingerprint density at radius 1 is 1.22 bits per heavy atom. The van der Waals surface area contributed by atoms with E-state index in [4.69, 9.17) is 11.6 Å². The standard InChI is InChI=1S/C18H14ClF2N3O3/c1-18(11-4-2-3-5-12(11)19)16(26)24(17(27)23-18)9-15(25)22-14-7-6-10(20)8-13(14)21/h2-8H,9H2,1H3,(H,22,25)(H,23,27). The van der Waals surface area contributed by atoms with Gasteiger partial charge in [-0.05, 0) is 25.1 Å². The fourth-order valence-electron chi connectivity index (χ4n) is 2.81. The topological polar surface area (TPSA) is 78.5 Å². The van der Waals surface area contributed by atoms with Gasteiger partial charge < -0.3 is 10.6 Å². The molecule has 1 aliphatic rings. The molecular weight excluding hydrogens is 380 g/mol. The summed E-state index contributed by atoms with van der Waals surface area (Å²) in [5.41, 5.74) is -1.31. The zero-order valence-corrected chi connectivity index (χ0v) is 14.8. The number of hydrogen-bond donors (Lipinski definition) is 2. The number of amides is 4. The quantitative estimate of drug-likeness (QED) is 0.784. The van der Waals surface area contributed by atoms with E-state index >= 15 is 0 Å². The fraction of sp³-hybridized carbons (Fsp3) is 0.167. The number of carbonyl (C=O) groups excluding carboxylic acids is 3. The van der Waals surface area contributed by atoms with Crippen LogP contribution in [0.5, 0.6) is 0 Å². The van der Waals surface area contributed by atoms with Crippen molar-refractivity contribution in [3.05, 3.63) is 64.7 Å². The van der Waals surface area contributed by atoms with Crippen LogP contribution in [0.1, 0.15) is 12.5 Å². The van der Waals surface area contributed by atoms with Gasteiger partial charge in [0.05, 0.1) is 5.69 Å². The Kier molecular flexibility index (Phi) is 4.84. The SMILES string of the molecule is CC1(c2ccccc2Cl)NC(=O)N(CC(=O)Nc2ccc(F)cc2F)C1=O. The number of halogens is 3. The molecule has 3 rings (SSSR count). The van der Waals surface area contributed by atoms with E-state index in [1.165, 1.54) is 6.92 Å². The second-order valence-corrected chi connectivity index (χ2v) is 6.51. The van der Waals surface area contributed by atoms with Crippen LogP contribution in [-0.4, -0.2) is 29.3 Å². The molecule has 4 amide bonds. The summed E-state index contributed by atoms with van der Waals surface area (Å²) in [6.45, 7) is 0.841. The smallest absolute Gasteiger partial charge is 0.322 e. The number of hydrogen-bond acceptors (Lipinski definition) is 3. The Balaban J connectivity index is 1.78. The van der Waals surface area contributed by atoms with Gasteiger partial charge in [-0.3, -0.25) is 14.5 Å². The van der Waals surface area contributed by atoms with Gasteiger partial charge in [0.15, 0.2) is 0 Å². The summed E-state index contributed by atoms with van der Waals surface area (Å²) in [7, 11) is 0. The number of anilines is 1. The third kappa shape index (κ3) is 3.48. The van der Waals surface area contributed by atoms with Crippen molar-refractivity contribution < 1.29 is 23.2 Å². The monoisotopic (exact) mass is 393 g/mol. The average molecular weight is 394 g/mol. The molecule has 0 saturated carbocycles. The molecule has 140 valence electrons. The maximum absolute atomic E-state index is 13.6. The van der Waals surface area contributed by atoms with Crippen LogP contribution in [0.25, 0.3) is 0 Å². The first-order chi connectivity index (χ1) is 12.7. The Labute approximate surface area is 158 Å². The minimum absolute atomic E-state index is 0.262. The minimum atomic E-state index is -1.43. The second-order valence-electron chi connectivity index (χ2n) is 6.10. The van der Waals surface area contributed by atoms with Crippen LogP contribution in [-0.2, 0) is 15.1 Å². The molecule has 1 atom stereocenters. The molecule has 2 N–H and O–H groups in total. The van der Waals surface area contributed by atoms with Crippen molar-refractivity contribution in [1.82, 2.24) is 10.2 Å². The van der Waals surface area contributed by atoms with Crippen molar-refractivity contribution in [2.24, 2.45) is 0 Å². The van der Waals surface area contributed by atoms with Crippen molar-refractivity contribution in [2.45, 2.75) is 12.5 Å². The number of benzene rings is 2. The maximum atomic E-state index is 13.6. The van der Waals surface area contributed by atoms with Gasteiger partial charge in [-0.1, -0.05) is 29.8 Å². The summed E-state index contributed by atoms with van der Waals surface area (Å²) in [6.07, 6.45) is 0. The fourth-order valence-corrected chi connectivity index (χ4v) is 3.14. The summed E-state index contributed by atoms with van der Waals surface area (Å²) in [6, 6.07) is 8.36. The van der Waals surface area contributed by atoms with E-state index in [-0.39, 0.29) is 10.7 Å². The molecule has 1 fully saturated rings.